The molecule has 0 bridgehead atoms. The van der Waals surface area contributed by atoms with Crippen molar-refractivity contribution in [3.05, 3.63) is 0 Å². The minimum Gasteiger partial charge on any atom is -0.303 e. The predicted molar refractivity (Wildman–Crippen MR) is 149 cm³/mol. The number of rotatable bonds is 28. The zero-order valence-electron chi connectivity index (χ0n) is 23.2. The average Bonchev–Trinajstić information content (AvgIpc) is 2.80. The van der Waals surface area contributed by atoms with Crippen LogP contribution in [0.1, 0.15) is 181 Å². The van der Waals surface area contributed by atoms with Gasteiger partial charge in [0, 0.05) is 0 Å². The first-order valence-corrected chi connectivity index (χ1v) is 15.6. The lowest BCUT2D eigenvalue weighted by Crippen LogP contribution is -2.27. The largest absolute Gasteiger partial charge is 0.303 e. The van der Waals surface area contributed by atoms with E-state index < -0.39 is 0 Å². The van der Waals surface area contributed by atoms with Gasteiger partial charge in [-0.1, -0.05) is 162 Å². The Morgan fingerprint density at radius 2 is 0.438 bits per heavy atom. The van der Waals surface area contributed by atoms with Gasteiger partial charge >= 0.3 is 0 Å². The van der Waals surface area contributed by atoms with Crippen molar-refractivity contribution in [2.24, 2.45) is 0 Å². The third-order valence-corrected chi connectivity index (χ3v) is 7.23. The molecule has 0 N–H and O–H groups in total. The maximum Gasteiger partial charge on any atom is -0.00187 e. The molecule has 0 aliphatic heterocycles. The second-order valence-electron chi connectivity index (χ2n) is 10.6. The SMILES string of the molecule is CCCCCCCCCCCCCCCCCN(CCCCCCC)CCCCCCC. The fraction of sp³-hybridized carbons (Fsp3) is 1.00. The van der Waals surface area contributed by atoms with Gasteiger partial charge in [-0.3, -0.25) is 0 Å². The number of unbranched alkanes of at least 4 members (excludes halogenated alkanes) is 22. The summed E-state index contributed by atoms with van der Waals surface area (Å²) in [5.74, 6) is 0. The molecule has 0 rings (SSSR count). The van der Waals surface area contributed by atoms with E-state index in [1.807, 2.05) is 0 Å². The Balaban J connectivity index is 3.57. The molecule has 0 aromatic rings. The van der Waals surface area contributed by atoms with Gasteiger partial charge in [0.2, 0.25) is 0 Å². The van der Waals surface area contributed by atoms with E-state index in [-0.39, 0.29) is 0 Å². The second-order valence-corrected chi connectivity index (χ2v) is 10.6. The van der Waals surface area contributed by atoms with E-state index in [0.717, 1.165) is 0 Å². The molecule has 1 heteroatoms. The summed E-state index contributed by atoms with van der Waals surface area (Å²) < 4.78 is 0. The molecular weight excluding hydrogens is 386 g/mol. The highest BCUT2D eigenvalue weighted by Crippen LogP contribution is 2.14. The molecule has 0 spiro atoms. The summed E-state index contributed by atoms with van der Waals surface area (Å²) in [6, 6.07) is 0. The molecule has 1 nitrogen and oxygen atoms in total. The Morgan fingerprint density at radius 1 is 0.250 bits per heavy atom. The van der Waals surface area contributed by atoms with Gasteiger partial charge in [-0.2, -0.15) is 0 Å². The third-order valence-electron chi connectivity index (χ3n) is 7.23. The summed E-state index contributed by atoms with van der Waals surface area (Å²) in [5.41, 5.74) is 0. The van der Waals surface area contributed by atoms with Crippen molar-refractivity contribution in [2.45, 2.75) is 181 Å². The number of hydrogen-bond donors (Lipinski definition) is 0. The van der Waals surface area contributed by atoms with Crippen molar-refractivity contribution < 1.29 is 0 Å². The molecule has 194 valence electrons. The van der Waals surface area contributed by atoms with Crippen molar-refractivity contribution in [3.8, 4) is 0 Å². The smallest absolute Gasteiger partial charge is 0.00187 e. The maximum absolute atomic E-state index is 2.81. The normalized spacial score (nSPS) is 11.6. The Labute approximate surface area is 205 Å². The molecule has 0 unspecified atom stereocenters. The molecule has 0 radical (unpaired) electrons. The van der Waals surface area contributed by atoms with E-state index in [4.69, 9.17) is 0 Å². The van der Waals surface area contributed by atoms with Gasteiger partial charge in [-0.15, -0.1) is 0 Å². The molecule has 0 aromatic carbocycles. The number of hydrogen-bond acceptors (Lipinski definition) is 1. The third kappa shape index (κ3) is 26.2. The van der Waals surface area contributed by atoms with Gasteiger partial charge in [0.15, 0.2) is 0 Å². The molecule has 0 atom stereocenters. The van der Waals surface area contributed by atoms with Crippen LogP contribution in [0.2, 0.25) is 0 Å². The molecule has 0 aliphatic rings. The fourth-order valence-corrected chi connectivity index (χ4v) is 4.92. The molecule has 0 aromatic heterocycles. The van der Waals surface area contributed by atoms with Crippen LogP contribution < -0.4 is 0 Å². The monoisotopic (exact) mass is 452 g/mol. The van der Waals surface area contributed by atoms with Crippen LogP contribution in [0, 0.1) is 0 Å². The molecule has 32 heavy (non-hydrogen) atoms. The highest BCUT2D eigenvalue weighted by atomic mass is 15.1. The Bertz CT molecular complexity index is 300. The maximum atomic E-state index is 2.81. The summed E-state index contributed by atoms with van der Waals surface area (Å²) in [7, 11) is 0. The Kier molecular flexibility index (Phi) is 29.0. The Hall–Kier alpha value is -0.0400. The summed E-state index contributed by atoms with van der Waals surface area (Å²) in [5, 5.41) is 0. The van der Waals surface area contributed by atoms with Crippen molar-refractivity contribution in [1.29, 1.82) is 0 Å². The quantitative estimate of drug-likeness (QED) is 0.107. The highest BCUT2D eigenvalue weighted by Gasteiger charge is 2.05. The molecule has 0 aliphatic carbocycles. The van der Waals surface area contributed by atoms with Crippen molar-refractivity contribution in [1.82, 2.24) is 4.90 Å². The van der Waals surface area contributed by atoms with Crippen LogP contribution in [0.25, 0.3) is 0 Å². The van der Waals surface area contributed by atoms with E-state index in [9.17, 15) is 0 Å². The van der Waals surface area contributed by atoms with Crippen LogP contribution in [0.15, 0.2) is 0 Å². The van der Waals surface area contributed by atoms with Gasteiger partial charge in [-0.05, 0) is 38.9 Å². The Morgan fingerprint density at radius 3 is 0.656 bits per heavy atom. The van der Waals surface area contributed by atoms with Crippen molar-refractivity contribution in [3.63, 3.8) is 0 Å². The average molecular weight is 452 g/mol. The predicted octanol–water partition coefficient (Wildman–Crippen LogP) is 11.1. The van der Waals surface area contributed by atoms with Crippen LogP contribution in [-0.4, -0.2) is 24.5 Å². The van der Waals surface area contributed by atoms with E-state index in [1.54, 1.807) is 0 Å². The summed E-state index contributed by atoms with van der Waals surface area (Å²) in [6.45, 7) is 11.0. The summed E-state index contributed by atoms with van der Waals surface area (Å²) in [4.78, 5) is 2.81. The minimum atomic E-state index is 1.36. The molecular formula is C31H65N. The molecule has 0 saturated heterocycles. The van der Waals surface area contributed by atoms with Gasteiger partial charge in [-0.25, -0.2) is 0 Å². The first-order chi connectivity index (χ1) is 15.8. The van der Waals surface area contributed by atoms with Crippen molar-refractivity contribution >= 4 is 0 Å². The molecule has 0 amide bonds. The van der Waals surface area contributed by atoms with Crippen molar-refractivity contribution in [2.75, 3.05) is 19.6 Å². The summed E-state index contributed by atoms with van der Waals surface area (Å²) in [6.07, 6.45) is 36.2. The molecule has 0 heterocycles. The first kappa shape index (κ1) is 32.0. The fourth-order valence-electron chi connectivity index (χ4n) is 4.92. The van der Waals surface area contributed by atoms with Crippen LogP contribution in [-0.2, 0) is 0 Å². The number of nitrogens with zero attached hydrogens (tertiary/aromatic N) is 1. The molecule has 0 saturated carbocycles. The van der Waals surface area contributed by atoms with E-state index >= 15 is 0 Å². The highest BCUT2D eigenvalue weighted by molar-refractivity contribution is 4.60. The zero-order chi connectivity index (χ0) is 23.4. The van der Waals surface area contributed by atoms with Gasteiger partial charge < -0.3 is 4.90 Å². The lowest BCUT2D eigenvalue weighted by Gasteiger charge is -2.22. The zero-order valence-corrected chi connectivity index (χ0v) is 23.2. The summed E-state index contributed by atoms with van der Waals surface area (Å²) >= 11 is 0. The van der Waals surface area contributed by atoms with Gasteiger partial charge in [0.25, 0.3) is 0 Å². The second kappa shape index (κ2) is 29.0. The topological polar surface area (TPSA) is 3.24 Å². The van der Waals surface area contributed by atoms with Gasteiger partial charge in [0.1, 0.15) is 0 Å². The van der Waals surface area contributed by atoms with E-state index in [0.29, 0.717) is 0 Å². The lowest BCUT2D eigenvalue weighted by atomic mass is 10.0. The standard InChI is InChI=1S/C31H65N/c1-4-7-10-13-14-15-16-17-18-19-20-21-22-25-28-31-32(29-26-23-11-8-5-2)30-27-24-12-9-6-3/h4-31H2,1-3H3. The first-order valence-electron chi connectivity index (χ1n) is 15.6. The molecule has 0 fully saturated rings. The lowest BCUT2D eigenvalue weighted by molar-refractivity contribution is 0.254. The van der Waals surface area contributed by atoms with Crippen LogP contribution in [0.4, 0.5) is 0 Å². The van der Waals surface area contributed by atoms with Crippen LogP contribution in [0.3, 0.4) is 0 Å². The van der Waals surface area contributed by atoms with Crippen LogP contribution >= 0.6 is 0 Å². The van der Waals surface area contributed by atoms with E-state index in [1.165, 1.54) is 180 Å². The minimum absolute atomic E-state index is 1.36. The van der Waals surface area contributed by atoms with Crippen LogP contribution in [0.5, 0.6) is 0 Å². The van der Waals surface area contributed by atoms with E-state index in [2.05, 4.69) is 25.7 Å². The van der Waals surface area contributed by atoms with Gasteiger partial charge in [0.05, 0.1) is 0 Å².